The number of amides is 1. The van der Waals surface area contributed by atoms with Gasteiger partial charge in [0, 0.05) is 12.5 Å². The van der Waals surface area contributed by atoms with Crippen LogP contribution in [0.15, 0.2) is 48.5 Å². The number of methoxy groups -OCH3 is 1. The molecule has 0 saturated carbocycles. The lowest BCUT2D eigenvalue weighted by Gasteiger charge is -2.13. The first kappa shape index (κ1) is 19.3. The summed E-state index contributed by atoms with van der Waals surface area (Å²) in [5.74, 6) is 0.00450. The van der Waals surface area contributed by atoms with E-state index in [0.717, 1.165) is 16.9 Å². The van der Waals surface area contributed by atoms with Crippen molar-refractivity contribution in [2.75, 3.05) is 13.7 Å². The number of hydrogen-bond acceptors (Lipinski definition) is 4. The van der Waals surface area contributed by atoms with Gasteiger partial charge in [0.1, 0.15) is 11.5 Å². The molecule has 0 aliphatic rings. The molecule has 2 aromatic carbocycles. The van der Waals surface area contributed by atoms with Crippen molar-refractivity contribution in [3.8, 4) is 11.5 Å². The van der Waals surface area contributed by atoms with E-state index in [1.807, 2.05) is 37.3 Å². The Balaban J connectivity index is 1.85. The van der Waals surface area contributed by atoms with E-state index >= 15 is 0 Å². The maximum absolute atomic E-state index is 12.3. The van der Waals surface area contributed by atoms with Gasteiger partial charge in [-0.05, 0) is 41.8 Å². The molecule has 0 fully saturated rings. The lowest BCUT2D eigenvalue weighted by molar-refractivity contribution is -0.139. The number of carbonyl (C=O) groups excluding carboxylic acids is 1. The third-order valence-electron chi connectivity index (χ3n) is 3.88. The molecule has 6 heteroatoms. The summed E-state index contributed by atoms with van der Waals surface area (Å²) in [4.78, 5) is 22.8. The molecule has 1 atom stereocenters. The third-order valence-corrected chi connectivity index (χ3v) is 3.88. The van der Waals surface area contributed by atoms with Crippen molar-refractivity contribution in [3.63, 3.8) is 0 Å². The van der Waals surface area contributed by atoms with Crippen LogP contribution in [0.4, 0.5) is 0 Å². The zero-order chi connectivity index (χ0) is 18.9. The predicted molar refractivity (Wildman–Crippen MR) is 97.3 cm³/mol. The largest absolute Gasteiger partial charge is 0.497 e. The summed E-state index contributed by atoms with van der Waals surface area (Å²) >= 11 is 0. The first-order chi connectivity index (χ1) is 12.5. The Hall–Kier alpha value is -3.02. The molecule has 138 valence electrons. The Morgan fingerprint density at radius 2 is 1.81 bits per heavy atom. The Morgan fingerprint density at radius 3 is 2.46 bits per heavy atom. The summed E-state index contributed by atoms with van der Waals surface area (Å²) in [6, 6.07) is 14.7. The van der Waals surface area contributed by atoms with Crippen LogP contribution >= 0.6 is 0 Å². The van der Waals surface area contributed by atoms with E-state index in [4.69, 9.17) is 14.6 Å². The molecule has 0 bridgehead atoms. The lowest BCUT2D eigenvalue weighted by atomic mass is 10.00. The minimum atomic E-state index is -1.03. The Kier molecular flexibility index (Phi) is 7.02. The lowest BCUT2D eigenvalue weighted by Crippen LogP contribution is -2.29. The van der Waals surface area contributed by atoms with Gasteiger partial charge < -0.3 is 19.9 Å². The number of ether oxygens (including phenoxy) is 2. The van der Waals surface area contributed by atoms with Gasteiger partial charge in [-0.15, -0.1) is 0 Å². The highest BCUT2D eigenvalue weighted by atomic mass is 16.5. The molecule has 0 radical (unpaired) electrons. The fraction of sp³-hybridized carbons (Fsp3) is 0.300. The molecule has 0 spiro atoms. The first-order valence-electron chi connectivity index (χ1n) is 8.32. The van der Waals surface area contributed by atoms with Crippen LogP contribution in [-0.4, -0.2) is 30.7 Å². The topological polar surface area (TPSA) is 84.9 Å². The Morgan fingerprint density at radius 1 is 1.08 bits per heavy atom. The Bertz CT molecular complexity index is 742. The predicted octanol–water partition coefficient (Wildman–Crippen LogP) is 2.65. The fourth-order valence-corrected chi connectivity index (χ4v) is 2.46. The zero-order valence-electron chi connectivity index (χ0n) is 14.9. The summed E-state index contributed by atoms with van der Waals surface area (Å²) in [6.07, 6.45) is 0.636. The molecule has 1 unspecified atom stereocenters. The van der Waals surface area contributed by atoms with E-state index < -0.39 is 12.6 Å². The van der Waals surface area contributed by atoms with Crippen molar-refractivity contribution < 1.29 is 24.2 Å². The average molecular weight is 357 g/mol. The highest BCUT2D eigenvalue weighted by Crippen LogP contribution is 2.16. The molecule has 0 aromatic heterocycles. The highest BCUT2D eigenvalue weighted by Gasteiger charge is 2.13. The highest BCUT2D eigenvalue weighted by molar-refractivity contribution is 5.78. The molecule has 2 aromatic rings. The monoisotopic (exact) mass is 357 g/mol. The normalized spacial score (nSPS) is 11.5. The molecule has 2 N–H and O–H groups in total. The molecule has 0 saturated heterocycles. The fourth-order valence-electron chi connectivity index (χ4n) is 2.46. The number of benzene rings is 2. The molecule has 26 heavy (non-hydrogen) atoms. The standard InChI is InChI=1S/C20H23NO5/c1-14(10-15-6-8-17(25-2)9-7-15)20(24)21-12-16-4-3-5-18(11-16)26-13-19(22)23/h3-9,11,14H,10,12-13H2,1-2H3,(H,21,24)(H,22,23). The van der Waals surface area contributed by atoms with Crippen molar-refractivity contribution >= 4 is 11.9 Å². The number of nitrogens with one attached hydrogen (secondary N) is 1. The zero-order valence-corrected chi connectivity index (χ0v) is 14.9. The maximum atomic E-state index is 12.3. The minimum Gasteiger partial charge on any atom is -0.497 e. The van der Waals surface area contributed by atoms with E-state index in [-0.39, 0.29) is 11.8 Å². The molecule has 6 nitrogen and oxygen atoms in total. The molecular formula is C20H23NO5. The number of hydrogen-bond donors (Lipinski definition) is 2. The van der Waals surface area contributed by atoms with Gasteiger partial charge in [0.2, 0.25) is 5.91 Å². The molecule has 0 heterocycles. The van der Waals surface area contributed by atoms with Crippen LogP contribution in [0.2, 0.25) is 0 Å². The van der Waals surface area contributed by atoms with Crippen LogP contribution < -0.4 is 14.8 Å². The van der Waals surface area contributed by atoms with E-state index in [9.17, 15) is 9.59 Å². The molecular weight excluding hydrogens is 334 g/mol. The summed E-state index contributed by atoms with van der Waals surface area (Å²) in [5.41, 5.74) is 1.91. The second kappa shape index (κ2) is 9.46. The molecule has 2 rings (SSSR count). The number of rotatable bonds is 9. The number of carboxylic acids is 1. The van der Waals surface area contributed by atoms with Gasteiger partial charge in [-0.3, -0.25) is 4.79 Å². The first-order valence-corrected chi connectivity index (χ1v) is 8.32. The molecule has 0 aliphatic heterocycles. The van der Waals surface area contributed by atoms with Gasteiger partial charge in [0.15, 0.2) is 6.61 Å². The minimum absolute atomic E-state index is 0.0438. The van der Waals surface area contributed by atoms with Gasteiger partial charge in [-0.1, -0.05) is 31.2 Å². The van der Waals surface area contributed by atoms with Crippen molar-refractivity contribution in [1.82, 2.24) is 5.32 Å². The Labute approximate surface area is 152 Å². The molecule has 0 aliphatic carbocycles. The number of carbonyl (C=O) groups is 2. The van der Waals surface area contributed by atoms with Crippen LogP contribution in [0.25, 0.3) is 0 Å². The van der Waals surface area contributed by atoms with E-state index in [0.29, 0.717) is 18.7 Å². The summed E-state index contributed by atoms with van der Waals surface area (Å²) in [5, 5.41) is 11.5. The van der Waals surface area contributed by atoms with Crippen LogP contribution in [-0.2, 0) is 22.6 Å². The van der Waals surface area contributed by atoms with Gasteiger partial charge in [-0.2, -0.15) is 0 Å². The number of aliphatic carboxylic acids is 1. The van der Waals surface area contributed by atoms with Crippen LogP contribution in [0.3, 0.4) is 0 Å². The maximum Gasteiger partial charge on any atom is 0.341 e. The average Bonchev–Trinajstić information content (AvgIpc) is 2.65. The summed E-state index contributed by atoms with van der Waals surface area (Å²) < 4.78 is 10.3. The quantitative estimate of drug-likeness (QED) is 0.721. The van der Waals surface area contributed by atoms with Gasteiger partial charge >= 0.3 is 5.97 Å². The van der Waals surface area contributed by atoms with E-state index in [2.05, 4.69) is 5.32 Å². The smallest absolute Gasteiger partial charge is 0.341 e. The van der Waals surface area contributed by atoms with Crippen LogP contribution in [0, 0.1) is 5.92 Å². The van der Waals surface area contributed by atoms with Crippen LogP contribution in [0.5, 0.6) is 11.5 Å². The van der Waals surface area contributed by atoms with Gasteiger partial charge in [0.25, 0.3) is 0 Å². The number of carboxylic acid groups (broad SMARTS) is 1. The third kappa shape index (κ3) is 6.12. The molecule has 1 amide bonds. The van der Waals surface area contributed by atoms with Crippen molar-refractivity contribution in [3.05, 3.63) is 59.7 Å². The SMILES string of the molecule is COc1ccc(CC(C)C(=O)NCc2cccc(OCC(=O)O)c2)cc1. The van der Waals surface area contributed by atoms with E-state index in [1.54, 1.807) is 25.3 Å². The second-order valence-electron chi connectivity index (χ2n) is 6.00. The van der Waals surface area contributed by atoms with Gasteiger partial charge in [-0.25, -0.2) is 4.79 Å². The van der Waals surface area contributed by atoms with Crippen LogP contribution in [0.1, 0.15) is 18.1 Å². The van der Waals surface area contributed by atoms with Gasteiger partial charge in [0.05, 0.1) is 7.11 Å². The summed E-state index contributed by atoms with van der Waals surface area (Å²) in [6.45, 7) is 1.84. The summed E-state index contributed by atoms with van der Waals surface area (Å²) in [7, 11) is 1.62. The van der Waals surface area contributed by atoms with Crippen molar-refractivity contribution in [1.29, 1.82) is 0 Å². The van der Waals surface area contributed by atoms with Crippen molar-refractivity contribution in [2.24, 2.45) is 5.92 Å². The second-order valence-corrected chi connectivity index (χ2v) is 6.00. The van der Waals surface area contributed by atoms with Crippen molar-refractivity contribution in [2.45, 2.75) is 19.9 Å². The van der Waals surface area contributed by atoms with E-state index in [1.165, 1.54) is 0 Å².